The first-order valence-corrected chi connectivity index (χ1v) is 8.21. The Morgan fingerprint density at radius 1 is 0.958 bits per heavy atom. The molecule has 2 aromatic carbocycles. The Morgan fingerprint density at radius 3 is 2.25 bits per heavy atom. The highest BCUT2D eigenvalue weighted by Crippen LogP contribution is 2.29. The molecule has 0 heterocycles. The van der Waals surface area contributed by atoms with E-state index in [4.69, 9.17) is 51.1 Å². The smallest absolute Gasteiger partial charge is 0.310 e. The number of benzene rings is 2. The Balaban J connectivity index is 1.88. The molecular formula is C16H11Cl4NO3. The van der Waals surface area contributed by atoms with Crippen LogP contribution in [0, 0.1) is 0 Å². The number of nitrogens with one attached hydrogen (secondary N) is 1. The van der Waals surface area contributed by atoms with Crippen molar-refractivity contribution in [3.8, 4) is 0 Å². The molecule has 24 heavy (non-hydrogen) atoms. The fraction of sp³-hybridized carbons (Fsp3) is 0.125. The van der Waals surface area contributed by atoms with Gasteiger partial charge in [-0.05, 0) is 29.8 Å². The third-order valence-corrected chi connectivity index (χ3v) is 4.16. The predicted octanol–water partition coefficient (Wildman–Crippen LogP) is 5.02. The van der Waals surface area contributed by atoms with Crippen molar-refractivity contribution < 1.29 is 14.3 Å². The van der Waals surface area contributed by atoms with Gasteiger partial charge in [0.2, 0.25) is 0 Å². The van der Waals surface area contributed by atoms with E-state index in [1.807, 2.05) is 0 Å². The van der Waals surface area contributed by atoms with Crippen molar-refractivity contribution in [3.63, 3.8) is 0 Å². The molecule has 0 saturated carbocycles. The van der Waals surface area contributed by atoms with Crippen LogP contribution < -0.4 is 5.32 Å². The minimum absolute atomic E-state index is 0.0733. The second kappa shape index (κ2) is 8.58. The minimum atomic E-state index is -0.598. The van der Waals surface area contributed by atoms with Gasteiger partial charge in [-0.1, -0.05) is 58.5 Å². The predicted molar refractivity (Wildman–Crippen MR) is 96.2 cm³/mol. The lowest BCUT2D eigenvalue weighted by Crippen LogP contribution is -2.22. The summed E-state index contributed by atoms with van der Waals surface area (Å²) >= 11 is 23.6. The van der Waals surface area contributed by atoms with E-state index in [0.717, 1.165) is 0 Å². The first-order valence-electron chi connectivity index (χ1n) is 6.70. The number of halogens is 4. The molecular weight excluding hydrogens is 396 g/mol. The van der Waals surface area contributed by atoms with Crippen molar-refractivity contribution in [2.45, 2.75) is 6.42 Å². The van der Waals surface area contributed by atoms with Crippen molar-refractivity contribution in [2.24, 2.45) is 0 Å². The standard InChI is InChI=1S/C16H11Cl4NO3/c17-10-5-4-9(13(20)7-10)6-15(23)24-8-14(22)21-16-11(18)2-1-3-12(16)19/h1-5,7H,6,8H2,(H,21,22). The van der Waals surface area contributed by atoms with E-state index in [1.165, 1.54) is 6.07 Å². The Labute approximate surface area is 158 Å². The molecule has 1 N–H and O–H groups in total. The number of carbonyl (C=O) groups is 2. The van der Waals surface area contributed by atoms with Gasteiger partial charge in [-0.3, -0.25) is 9.59 Å². The number of hydrogen-bond donors (Lipinski definition) is 1. The molecule has 0 aliphatic carbocycles. The van der Waals surface area contributed by atoms with Gasteiger partial charge in [0.1, 0.15) is 0 Å². The van der Waals surface area contributed by atoms with Gasteiger partial charge in [-0.2, -0.15) is 0 Å². The SMILES string of the molecule is O=C(COC(=O)Cc1ccc(Cl)cc1Cl)Nc1c(Cl)cccc1Cl. The number of carbonyl (C=O) groups excluding carboxylic acids is 2. The molecule has 0 aromatic heterocycles. The lowest BCUT2D eigenvalue weighted by atomic mass is 10.1. The third kappa shape index (κ3) is 5.28. The van der Waals surface area contributed by atoms with E-state index in [1.54, 1.807) is 30.3 Å². The monoisotopic (exact) mass is 405 g/mol. The van der Waals surface area contributed by atoms with Crippen LogP contribution in [0.5, 0.6) is 0 Å². The van der Waals surface area contributed by atoms with Crippen molar-refractivity contribution in [1.82, 2.24) is 0 Å². The maximum Gasteiger partial charge on any atom is 0.310 e. The normalized spacial score (nSPS) is 10.3. The molecule has 1 amide bonds. The fourth-order valence-corrected chi connectivity index (χ4v) is 2.78. The van der Waals surface area contributed by atoms with E-state index in [2.05, 4.69) is 5.32 Å². The summed E-state index contributed by atoms with van der Waals surface area (Å²) < 4.78 is 4.92. The average Bonchev–Trinajstić information content (AvgIpc) is 2.52. The lowest BCUT2D eigenvalue weighted by Gasteiger charge is -2.10. The van der Waals surface area contributed by atoms with Gasteiger partial charge in [0, 0.05) is 10.0 Å². The first kappa shape index (κ1) is 18.9. The highest BCUT2D eigenvalue weighted by molar-refractivity contribution is 6.39. The molecule has 2 rings (SSSR count). The van der Waals surface area contributed by atoms with E-state index in [9.17, 15) is 9.59 Å². The summed E-state index contributed by atoms with van der Waals surface area (Å²) in [6.07, 6.45) is -0.0733. The number of amides is 1. The van der Waals surface area contributed by atoms with Crippen LogP contribution in [0.25, 0.3) is 0 Å². The summed E-state index contributed by atoms with van der Waals surface area (Å²) in [7, 11) is 0. The quantitative estimate of drug-likeness (QED) is 0.708. The number of esters is 1. The van der Waals surface area contributed by atoms with Crippen LogP contribution in [-0.2, 0) is 20.7 Å². The number of hydrogen-bond acceptors (Lipinski definition) is 3. The molecule has 0 spiro atoms. The number of anilines is 1. The molecule has 0 radical (unpaired) electrons. The van der Waals surface area contributed by atoms with Gasteiger partial charge in [0.25, 0.3) is 5.91 Å². The minimum Gasteiger partial charge on any atom is -0.455 e. The van der Waals surface area contributed by atoms with Gasteiger partial charge in [0.05, 0.1) is 22.2 Å². The molecule has 8 heteroatoms. The highest BCUT2D eigenvalue weighted by Gasteiger charge is 2.13. The second-order valence-corrected chi connectivity index (χ2v) is 6.38. The molecule has 0 fully saturated rings. The fourth-order valence-electron chi connectivity index (χ4n) is 1.81. The third-order valence-electron chi connectivity index (χ3n) is 2.94. The van der Waals surface area contributed by atoms with Crippen LogP contribution in [0.15, 0.2) is 36.4 Å². The zero-order valence-corrected chi connectivity index (χ0v) is 15.1. The van der Waals surface area contributed by atoms with Crippen molar-refractivity contribution in [2.75, 3.05) is 11.9 Å². The lowest BCUT2D eigenvalue weighted by molar-refractivity contribution is -0.146. The van der Waals surface area contributed by atoms with Crippen LogP contribution in [0.4, 0.5) is 5.69 Å². The van der Waals surface area contributed by atoms with Crippen molar-refractivity contribution >= 4 is 64.0 Å². The van der Waals surface area contributed by atoms with Gasteiger partial charge in [0.15, 0.2) is 6.61 Å². The molecule has 0 atom stereocenters. The van der Waals surface area contributed by atoms with E-state index in [0.29, 0.717) is 15.6 Å². The first-order chi connectivity index (χ1) is 11.4. The Hall–Kier alpha value is -1.46. The molecule has 4 nitrogen and oxygen atoms in total. The summed E-state index contributed by atoms with van der Waals surface area (Å²) in [6.45, 7) is -0.467. The van der Waals surface area contributed by atoms with Gasteiger partial charge < -0.3 is 10.1 Å². The summed E-state index contributed by atoms with van der Waals surface area (Å²) in [4.78, 5) is 23.6. The number of rotatable bonds is 5. The second-order valence-electron chi connectivity index (χ2n) is 4.72. The molecule has 0 aliphatic rings. The molecule has 2 aromatic rings. The number of para-hydroxylation sites is 1. The Morgan fingerprint density at radius 2 is 1.62 bits per heavy atom. The molecule has 0 saturated heterocycles. The van der Waals surface area contributed by atoms with Gasteiger partial charge in [-0.15, -0.1) is 0 Å². The van der Waals surface area contributed by atoms with Crippen LogP contribution in [0.3, 0.4) is 0 Å². The maximum absolute atomic E-state index is 11.8. The van der Waals surface area contributed by atoms with Crippen LogP contribution in [0.1, 0.15) is 5.56 Å². The summed E-state index contributed by atoms with van der Waals surface area (Å²) in [6, 6.07) is 9.57. The van der Waals surface area contributed by atoms with E-state index >= 15 is 0 Å². The summed E-state index contributed by atoms with van der Waals surface area (Å²) in [5.74, 6) is -1.15. The van der Waals surface area contributed by atoms with Crippen molar-refractivity contribution in [3.05, 3.63) is 62.1 Å². The summed E-state index contributed by atoms with van der Waals surface area (Å²) in [5.41, 5.74) is 0.822. The van der Waals surface area contributed by atoms with Crippen molar-refractivity contribution in [1.29, 1.82) is 0 Å². The van der Waals surface area contributed by atoms with E-state index < -0.39 is 18.5 Å². The van der Waals surface area contributed by atoms with E-state index in [-0.39, 0.29) is 22.2 Å². The summed E-state index contributed by atoms with van der Waals surface area (Å²) in [5, 5.41) is 3.89. The zero-order valence-electron chi connectivity index (χ0n) is 12.1. The van der Waals surface area contributed by atoms with Crippen LogP contribution in [-0.4, -0.2) is 18.5 Å². The topological polar surface area (TPSA) is 55.4 Å². The Bertz CT molecular complexity index is 760. The zero-order chi connectivity index (χ0) is 17.7. The average molecular weight is 407 g/mol. The van der Waals surface area contributed by atoms with Crippen LogP contribution >= 0.6 is 46.4 Å². The molecule has 0 aliphatic heterocycles. The molecule has 0 bridgehead atoms. The maximum atomic E-state index is 11.8. The Kier molecular flexibility index (Phi) is 6.75. The van der Waals surface area contributed by atoms with Crippen LogP contribution in [0.2, 0.25) is 20.1 Å². The molecule has 126 valence electrons. The number of ether oxygens (including phenoxy) is 1. The molecule has 0 unspecified atom stereocenters. The van der Waals surface area contributed by atoms with Gasteiger partial charge in [-0.25, -0.2) is 0 Å². The largest absolute Gasteiger partial charge is 0.455 e. The van der Waals surface area contributed by atoms with Gasteiger partial charge >= 0.3 is 5.97 Å². The highest BCUT2D eigenvalue weighted by atomic mass is 35.5.